The number of hydrogen-bond acceptors (Lipinski definition) is 4. The second kappa shape index (κ2) is 8.52. The minimum Gasteiger partial charge on any atom is -0.480 e. The van der Waals surface area contributed by atoms with Crippen LogP contribution in [0.1, 0.15) is 24.6 Å². The van der Waals surface area contributed by atoms with Crippen molar-refractivity contribution in [2.24, 2.45) is 0 Å². The van der Waals surface area contributed by atoms with E-state index < -0.39 is 5.97 Å². The third kappa shape index (κ3) is 5.67. The summed E-state index contributed by atoms with van der Waals surface area (Å²) in [6, 6.07) is 4.02. The summed E-state index contributed by atoms with van der Waals surface area (Å²) < 4.78 is 0.756. The van der Waals surface area contributed by atoms with Crippen LogP contribution >= 0.6 is 22.9 Å². The lowest BCUT2D eigenvalue weighted by molar-refractivity contribution is -0.139. The van der Waals surface area contributed by atoms with Gasteiger partial charge in [-0.1, -0.05) is 18.5 Å². The Balaban J connectivity index is 1.61. The summed E-state index contributed by atoms with van der Waals surface area (Å²) in [5.74, 6) is -0.810. The smallest absolute Gasteiger partial charge is 0.317 e. The van der Waals surface area contributed by atoms with Crippen LogP contribution in [0.25, 0.3) is 0 Å². The first kappa shape index (κ1) is 18.0. The number of carbonyl (C=O) groups is 2. The van der Waals surface area contributed by atoms with Gasteiger partial charge in [0.05, 0.1) is 10.9 Å². The van der Waals surface area contributed by atoms with Crippen LogP contribution in [0.2, 0.25) is 4.34 Å². The molecule has 1 aromatic rings. The van der Waals surface area contributed by atoms with E-state index in [1.165, 1.54) is 11.3 Å². The second-order valence-electron chi connectivity index (χ2n) is 5.64. The van der Waals surface area contributed by atoms with E-state index in [0.717, 1.165) is 28.5 Å². The van der Waals surface area contributed by atoms with Gasteiger partial charge in [0.25, 0.3) is 0 Å². The van der Waals surface area contributed by atoms with E-state index in [4.69, 9.17) is 16.7 Å². The van der Waals surface area contributed by atoms with Gasteiger partial charge in [-0.2, -0.15) is 0 Å². The lowest BCUT2D eigenvalue weighted by atomic mass is 9.85. The Morgan fingerprint density at radius 1 is 1.43 bits per heavy atom. The van der Waals surface area contributed by atoms with Gasteiger partial charge in [0.2, 0.25) is 0 Å². The number of halogens is 1. The van der Waals surface area contributed by atoms with Crippen LogP contribution in [0.4, 0.5) is 4.79 Å². The van der Waals surface area contributed by atoms with Gasteiger partial charge in [-0.15, -0.1) is 11.3 Å². The lowest BCUT2D eigenvalue weighted by Crippen LogP contribution is -2.56. The molecule has 2 amide bonds. The van der Waals surface area contributed by atoms with E-state index in [0.29, 0.717) is 13.1 Å². The zero-order valence-electron chi connectivity index (χ0n) is 13.0. The summed E-state index contributed by atoms with van der Waals surface area (Å²) in [5.41, 5.74) is 0. The van der Waals surface area contributed by atoms with E-state index in [1.807, 2.05) is 24.0 Å². The number of likely N-dealkylation sites (N-methyl/N-ethyl adjacent to an activating group) is 1. The van der Waals surface area contributed by atoms with E-state index in [2.05, 4.69) is 10.6 Å². The molecule has 1 saturated carbocycles. The van der Waals surface area contributed by atoms with E-state index in [1.54, 1.807) is 0 Å². The number of hydrogen-bond donors (Lipinski definition) is 3. The van der Waals surface area contributed by atoms with Crippen LogP contribution in [0.3, 0.4) is 0 Å². The first-order valence-electron chi connectivity index (χ1n) is 7.72. The average Bonchev–Trinajstić information content (AvgIpc) is 2.85. The van der Waals surface area contributed by atoms with Gasteiger partial charge in [-0.25, -0.2) is 4.79 Å². The molecule has 128 valence electrons. The monoisotopic (exact) mass is 359 g/mol. The van der Waals surface area contributed by atoms with Crippen molar-refractivity contribution in [2.45, 2.75) is 38.3 Å². The zero-order chi connectivity index (χ0) is 16.8. The van der Waals surface area contributed by atoms with Gasteiger partial charge in [-0.05, 0) is 37.9 Å². The molecule has 6 nitrogen and oxygen atoms in total. The van der Waals surface area contributed by atoms with Gasteiger partial charge in [0.15, 0.2) is 0 Å². The summed E-state index contributed by atoms with van der Waals surface area (Å²) >= 11 is 7.38. The maximum absolute atomic E-state index is 11.8. The van der Waals surface area contributed by atoms with E-state index in [9.17, 15) is 9.59 Å². The van der Waals surface area contributed by atoms with Gasteiger partial charge >= 0.3 is 12.0 Å². The predicted molar refractivity (Wildman–Crippen MR) is 91.3 cm³/mol. The molecule has 1 aromatic heterocycles. The van der Waals surface area contributed by atoms with Gasteiger partial charge in [0.1, 0.15) is 0 Å². The number of carboxylic acids is 1. The molecule has 0 atom stereocenters. The molecular weight excluding hydrogens is 338 g/mol. The number of rotatable bonds is 8. The van der Waals surface area contributed by atoms with Crippen molar-refractivity contribution in [2.75, 3.05) is 19.6 Å². The van der Waals surface area contributed by atoms with Crippen molar-refractivity contribution in [3.63, 3.8) is 0 Å². The highest BCUT2D eigenvalue weighted by Crippen LogP contribution is 2.25. The Bertz CT molecular complexity index is 546. The van der Waals surface area contributed by atoms with Gasteiger partial charge < -0.3 is 15.7 Å². The highest BCUT2D eigenvalue weighted by atomic mass is 35.5. The molecule has 0 bridgehead atoms. The van der Waals surface area contributed by atoms with Crippen molar-refractivity contribution < 1.29 is 14.7 Å². The molecule has 3 N–H and O–H groups in total. The SMILES string of the molecule is CCN(CC(=O)O)C1CC(NC(=O)NCCc2ccc(Cl)s2)C1. The Kier molecular flexibility index (Phi) is 6.68. The maximum atomic E-state index is 11.8. The van der Waals surface area contributed by atoms with Crippen molar-refractivity contribution in [1.29, 1.82) is 0 Å². The van der Waals surface area contributed by atoms with Crippen molar-refractivity contribution in [3.8, 4) is 0 Å². The van der Waals surface area contributed by atoms with Crippen molar-refractivity contribution in [1.82, 2.24) is 15.5 Å². The molecule has 1 aliphatic rings. The zero-order valence-corrected chi connectivity index (χ0v) is 14.6. The van der Waals surface area contributed by atoms with Crippen LogP contribution in [0.15, 0.2) is 12.1 Å². The average molecular weight is 360 g/mol. The minimum atomic E-state index is -0.810. The number of carboxylic acid groups (broad SMARTS) is 1. The number of carbonyl (C=O) groups excluding carboxylic acids is 1. The topological polar surface area (TPSA) is 81.7 Å². The molecule has 0 saturated heterocycles. The molecular formula is C15H22ClN3O3S. The summed E-state index contributed by atoms with van der Waals surface area (Å²) in [5, 5.41) is 14.6. The fraction of sp³-hybridized carbons (Fsp3) is 0.600. The van der Waals surface area contributed by atoms with Crippen LogP contribution in [0.5, 0.6) is 0 Å². The van der Waals surface area contributed by atoms with Crippen LogP contribution in [-0.4, -0.2) is 53.7 Å². The molecule has 0 radical (unpaired) electrons. The Morgan fingerprint density at radius 3 is 2.74 bits per heavy atom. The quantitative estimate of drug-likeness (QED) is 0.664. The van der Waals surface area contributed by atoms with Crippen LogP contribution in [-0.2, 0) is 11.2 Å². The minimum absolute atomic E-state index is 0.0590. The number of urea groups is 1. The largest absolute Gasteiger partial charge is 0.480 e. The van der Waals surface area contributed by atoms with E-state index in [-0.39, 0.29) is 24.7 Å². The molecule has 0 unspecified atom stereocenters. The fourth-order valence-corrected chi connectivity index (χ4v) is 3.79. The third-order valence-corrected chi connectivity index (χ3v) is 5.29. The van der Waals surface area contributed by atoms with Crippen molar-refractivity contribution >= 4 is 34.9 Å². The molecule has 0 aliphatic heterocycles. The molecule has 23 heavy (non-hydrogen) atoms. The van der Waals surface area contributed by atoms with Gasteiger partial charge in [-0.3, -0.25) is 9.69 Å². The standard InChI is InChI=1S/C15H22ClN3O3S/c1-2-19(9-14(20)21)11-7-10(8-11)18-15(22)17-6-5-12-3-4-13(16)23-12/h3-4,10-11H,2,5-9H2,1H3,(H,20,21)(H2,17,18,22). The molecule has 1 heterocycles. The van der Waals surface area contributed by atoms with Crippen LogP contribution in [0, 0.1) is 0 Å². The molecule has 2 rings (SSSR count). The maximum Gasteiger partial charge on any atom is 0.317 e. The molecule has 8 heteroatoms. The summed E-state index contributed by atoms with van der Waals surface area (Å²) in [6.07, 6.45) is 2.37. The first-order valence-corrected chi connectivity index (χ1v) is 8.91. The predicted octanol–water partition coefficient (Wildman–Crippen LogP) is 2.18. The highest BCUT2D eigenvalue weighted by molar-refractivity contribution is 7.16. The number of thiophene rings is 1. The third-order valence-electron chi connectivity index (χ3n) is 4.00. The first-order chi connectivity index (χ1) is 11.0. The highest BCUT2D eigenvalue weighted by Gasteiger charge is 2.34. The summed E-state index contributed by atoms with van der Waals surface area (Å²) in [6.45, 7) is 3.29. The molecule has 1 aliphatic carbocycles. The number of aliphatic carboxylic acids is 1. The summed E-state index contributed by atoms with van der Waals surface area (Å²) in [4.78, 5) is 25.7. The second-order valence-corrected chi connectivity index (χ2v) is 7.43. The Morgan fingerprint density at radius 2 is 2.17 bits per heavy atom. The fourth-order valence-electron chi connectivity index (χ4n) is 2.70. The Labute approximate surface area is 144 Å². The molecule has 0 aromatic carbocycles. The van der Waals surface area contributed by atoms with Gasteiger partial charge in [0, 0.05) is 23.5 Å². The molecule has 0 spiro atoms. The normalized spacial score (nSPS) is 20.1. The number of nitrogens with one attached hydrogen (secondary N) is 2. The summed E-state index contributed by atoms with van der Waals surface area (Å²) in [7, 11) is 0. The van der Waals surface area contributed by atoms with Crippen LogP contribution < -0.4 is 10.6 Å². The van der Waals surface area contributed by atoms with E-state index >= 15 is 0 Å². The number of nitrogens with zero attached hydrogens (tertiary/aromatic N) is 1. The lowest BCUT2D eigenvalue weighted by Gasteiger charge is -2.42. The molecule has 1 fully saturated rings. The number of amides is 2. The Hall–Kier alpha value is -1.31. The van der Waals surface area contributed by atoms with Crippen molar-refractivity contribution in [3.05, 3.63) is 21.3 Å².